The van der Waals surface area contributed by atoms with Crippen LogP contribution in [0.2, 0.25) is 0 Å². The van der Waals surface area contributed by atoms with Crippen molar-refractivity contribution in [1.29, 1.82) is 0 Å². The number of benzene rings is 2. The molecular weight excluding hydrogens is 519 g/mol. The summed E-state index contributed by atoms with van der Waals surface area (Å²) in [5.41, 5.74) is 7.12. The summed E-state index contributed by atoms with van der Waals surface area (Å²) in [6.07, 6.45) is 11.5. The lowest BCUT2D eigenvalue weighted by Crippen LogP contribution is -2.19. The van der Waals surface area contributed by atoms with Gasteiger partial charge in [0.1, 0.15) is 17.3 Å². The highest BCUT2D eigenvalue weighted by atomic mass is 19.1. The Hall–Kier alpha value is -4.92. The van der Waals surface area contributed by atoms with Gasteiger partial charge in [-0.3, -0.25) is 10.1 Å². The number of fused-ring (bicyclic) bond motifs is 2. The van der Waals surface area contributed by atoms with Crippen LogP contribution in [0.25, 0.3) is 55.6 Å². The third-order valence-corrected chi connectivity index (χ3v) is 7.84. The zero-order chi connectivity index (χ0) is 27.9. The van der Waals surface area contributed by atoms with E-state index >= 15 is 0 Å². The Morgan fingerprint density at radius 1 is 0.927 bits per heavy atom. The number of rotatable bonds is 6. The molecule has 4 heterocycles. The van der Waals surface area contributed by atoms with Gasteiger partial charge in [0, 0.05) is 47.4 Å². The first-order valence-corrected chi connectivity index (χ1v) is 13.9. The Bertz CT molecular complexity index is 1870. The number of ether oxygens (including phenoxy) is 1. The van der Waals surface area contributed by atoms with E-state index in [4.69, 9.17) is 4.74 Å². The van der Waals surface area contributed by atoms with Crippen LogP contribution in [0.5, 0.6) is 11.5 Å². The Labute approximate surface area is 235 Å². The van der Waals surface area contributed by atoms with Crippen molar-refractivity contribution in [3.05, 3.63) is 72.9 Å². The van der Waals surface area contributed by atoms with Gasteiger partial charge in [-0.15, -0.1) is 0 Å². The van der Waals surface area contributed by atoms with E-state index in [2.05, 4.69) is 36.5 Å². The van der Waals surface area contributed by atoms with Crippen LogP contribution in [-0.4, -0.2) is 43.4 Å². The smallest absolute Gasteiger partial charge is 0.181 e. The molecule has 41 heavy (non-hydrogen) atoms. The second kappa shape index (κ2) is 10.2. The van der Waals surface area contributed by atoms with Crippen molar-refractivity contribution in [2.45, 2.75) is 38.2 Å². The molecule has 0 amide bonds. The van der Waals surface area contributed by atoms with Crippen molar-refractivity contribution >= 4 is 27.6 Å². The second-order valence-electron chi connectivity index (χ2n) is 10.6. The topological polar surface area (TPSA) is 112 Å². The number of phenols is 1. The zero-order valence-corrected chi connectivity index (χ0v) is 22.5. The summed E-state index contributed by atoms with van der Waals surface area (Å²) in [6, 6.07) is 14.0. The number of pyridine rings is 2. The van der Waals surface area contributed by atoms with Gasteiger partial charge in [0.05, 0.1) is 34.9 Å². The van der Waals surface area contributed by atoms with Crippen LogP contribution in [0.1, 0.15) is 32.1 Å². The molecule has 1 saturated carbocycles. The maximum absolute atomic E-state index is 14.2. The molecule has 0 saturated heterocycles. The van der Waals surface area contributed by atoms with E-state index in [1.54, 1.807) is 18.5 Å². The summed E-state index contributed by atoms with van der Waals surface area (Å²) in [4.78, 5) is 12.6. The zero-order valence-electron chi connectivity index (χ0n) is 22.5. The van der Waals surface area contributed by atoms with E-state index in [1.165, 1.54) is 25.3 Å². The maximum Gasteiger partial charge on any atom is 0.181 e. The molecule has 4 N–H and O–H groups in total. The van der Waals surface area contributed by atoms with Crippen molar-refractivity contribution < 1.29 is 14.2 Å². The molecule has 0 atom stereocenters. The van der Waals surface area contributed by atoms with Gasteiger partial charge in [-0.05, 0) is 73.2 Å². The molecule has 2 aromatic carbocycles. The predicted molar refractivity (Wildman–Crippen MR) is 159 cm³/mol. The minimum Gasteiger partial charge on any atom is -0.508 e. The molecule has 8 nitrogen and oxygen atoms in total. The fraction of sp³-hybridized carbons (Fsp3) is 0.219. The van der Waals surface area contributed by atoms with Crippen LogP contribution in [0, 0.1) is 5.82 Å². The van der Waals surface area contributed by atoms with E-state index in [-0.39, 0.29) is 11.9 Å². The highest BCUT2D eigenvalue weighted by Crippen LogP contribution is 2.39. The largest absolute Gasteiger partial charge is 0.508 e. The average molecular weight is 549 g/mol. The highest BCUT2D eigenvalue weighted by molar-refractivity contribution is 6.05. The molecule has 7 rings (SSSR count). The number of nitrogens with zero attached hydrogens (tertiary/aromatic N) is 3. The summed E-state index contributed by atoms with van der Waals surface area (Å²) < 4.78 is 20.4. The third-order valence-electron chi connectivity index (χ3n) is 7.84. The van der Waals surface area contributed by atoms with Gasteiger partial charge in [-0.1, -0.05) is 12.5 Å². The molecule has 0 bridgehead atoms. The highest BCUT2D eigenvalue weighted by Gasteiger charge is 2.18. The molecule has 1 fully saturated rings. The quantitative estimate of drug-likeness (QED) is 0.172. The summed E-state index contributed by atoms with van der Waals surface area (Å²) in [5.74, 6) is 0.151. The van der Waals surface area contributed by atoms with Crippen LogP contribution >= 0.6 is 0 Å². The normalized spacial score (nSPS) is 14.1. The number of hydrogen-bond donors (Lipinski definition) is 4. The van der Waals surface area contributed by atoms with E-state index in [1.807, 2.05) is 37.5 Å². The van der Waals surface area contributed by atoms with Crippen LogP contribution in [0.3, 0.4) is 0 Å². The molecule has 0 unspecified atom stereocenters. The molecule has 6 aromatic rings. The molecule has 0 spiro atoms. The molecule has 1 aliphatic rings. The second-order valence-corrected chi connectivity index (χ2v) is 10.6. The number of aromatic hydroxyl groups is 1. The Morgan fingerprint density at radius 3 is 2.61 bits per heavy atom. The maximum atomic E-state index is 14.2. The monoisotopic (exact) mass is 548 g/mol. The van der Waals surface area contributed by atoms with Gasteiger partial charge in [0.15, 0.2) is 5.65 Å². The number of hydrogen-bond acceptors (Lipinski definition) is 6. The molecule has 0 aliphatic heterocycles. The molecule has 4 aromatic heterocycles. The number of phenolic OH excluding ortho intramolecular Hbond substituents is 1. The number of H-pyrrole nitrogens is 2. The van der Waals surface area contributed by atoms with Gasteiger partial charge >= 0.3 is 0 Å². The third kappa shape index (κ3) is 4.73. The van der Waals surface area contributed by atoms with E-state index < -0.39 is 5.82 Å². The Morgan fingerprint density at radius 2 is 1.78 bits per heavy atom. The summed E-state index contributed by atoms with van der Waals surface area (Å²) in [5, 5.41) is 22.6. The van der Waals surface area contributed by atoms with Crippen molar-refractivity contribution in [3.8, 4) is 45.1 Å². The van der Waals surface area contributed by atoms with E-state index in [0.717, 1.165) is 74.7 Å². The van der Waals surface area contributed by atoms with E-state index in [9.17, 15) is 9.50 Å². The summed E-state index contributed by atoms with van der Waals surface area (Å²) in [7, 11) is 1.85. The Balaban J connectivity index is 1.29. The minimum atomic E-state index is -0.498. The minimum absolute atomic E-state index is 0.123. The van der Waals surface area contributed by atoms with Crippen molar-refractivity contribution in [2.75, 3.05) is 12.4 Å². The van der Waals surface area contributed by atoms with Crippen LogP contribution in [0.15, 0.2) is 67.1 Å². The Kier molecular flexibility index (Phi) is 6.26. The molecule has 1 aliphatic carbocycles. The number of anilines is 1. The first-order chi connectivity index (χ1) is 20.1. The summed E-state index contributed by atoms with van der Waals surface area (Å²) >= 11 is 0. The molecule has 9 heteroatoms. The first kappa shape index (κ1) is 25.1. The van der Waals surface area contributed by atoms with Crippen LogP contribution in [-0.2, 0) is 0 Å². The van der Waals surface area contributed by atoms with Crippen molar-refractivity contribution in [3.63, 3.8) is 0 Å². The number of nitrogens with one attached hydrogen (secondary N) is 3. The van der Waals surface area contributed by atoms with Gasteiger partial charge in [0.2, 0.25) is 0 Å². The predicted octanol–water partition coefficient (Wildman–Crippen LogP) is 7.43. The van der Waals surface area contributed by atoms with Crippen molar-refractivity contribution in [2.24, 2.45) is 0 Å². The van der Waals surface area contributed by atoms with Gasteiger partial charge in [-0.25, -0.2) is 9.37 Å². The fourth-order valence-electron chi connectivity index (χ4n) is 5.82. The van der Waals surface area contributed by atoms with Gasteiger partial charge in [0.25, 0.3) is 0 Å². The standard InChI is InChI=1S/C32H29FN6O2/c1-34-28-8-7-25(18-9-21(33)13-22(40)10-18)26-14-29(37-30(26)28)31-27-12-20(16-36-32(27)39-38-31)19-11-24(17-35-15-19)41-23-5-3-2-4-6-23/h7-17,23,34,37,40H,2-6H2,1H3,(H,36,38,39). The number of aromatic amines is 2. The fourth-order valence-corrected chi connectivity index (χ4v) is 5.82. The SMILES string of the molecule is CNc1ccc(-c2cc(O)cc(F)c2)c2cc(-c3[nH]nc4ncc(-c5cncc(OC6CCCCC6)c5)cc34)[nH]c12. The lowest BCUT2D eigenvalue weighted by Gasteiger charge is -2.23. The van der Waals surface area contributed by atoms with Crippen LogP contribution < -0.4 is 10.1 Å². The molecular formula is C32H29FN6O2. The molecule has 206 valence electrons. The summed E-state index contributed by atoms with van der Waals surface area (Å²) in [6.45, 7) is 0. The van der Waals surface area contributed by atoms with Gasteiger partial charge in [-0.2, -0.15) is 5.10 Å². The van der Waals surface area contributed by atoms with Crippen molar-refractivity contribution in [1.82, 2.24) is 25.1 Å². The number of aromatic nitrogens is 5. The van der Waals surface area contributed by atoms with Crippen LogP contribution in [0.4, 0.5) is 10.1 Å². The lowest BCUT2D eigenvalue weighted by molar-refractivity contribution is 0.154. The average Bonchev–Trinajstić information content (AvgIpc) is 3.61. The van der Waals surface area contributed by atoms with E-state index in [0.29, 0.717) is 11.2 Å². The number of halogens is 1. The van der Waals surface area contributed by atoms with Gasteiger partial charge < -0.3 is 20.1 Å². The lowest BCUT2D eigenvalue weighted by atomic mass is 9.98. The molecule has 0 radical (unpaired) electrons. The first-order valence-electron chi connectivity index (χ1n) is 13.9.